The number of hydrogen-bond acceptors (Lipinski definition) is 3. The topological polar surface area (TPSA) is 41.6 Å². The normalized spacial score (nSPS) is 23.3. The molecule has 18 heavy (non-hydrogen) atoms. The Morgan fingerprint density at radius 3 is 2.83 bits per heavy atom. The molecule has 2 N–H and O–H groups in total. The monoisotopic (exact) mass is 249 g/mol. The van der Waals surface area contributed by atoms with E-state index in [-0.39, 0.29) is 11.4 Å². The summed E-state index contributed by atoms with van der Waals surface area (Å²) in [6.07, 6.45) is 3.01. The van der Waals surface area contributed by atoms with Gasteiger partial charge in [0.05, 0.1) is 12.1 Å². The molecule has 0 amide bonds. The fraction of sp³-hybridized carbons (Fsp3) is 0.500. The Kier molecular flexibility index (Phi) is 3.55. The van der Waals surface area contributed by atoms with E-state index in [0.717, 1.165) is 24.9 Å². The lowest BCUT2D eigenvalue weighted by Gasteiger charge is -2.38. The first-order valence-corrected chi connectivity index (χ1v) is 6.48. The van der Waals surface area contributed by atoms with Gasteiger partial charge in [0.1, 0.15) is 5.82 Å². The number of hydrogen-bond donors (Lipinski definition) is 1. The molecule has 1 heterocycles. The molecule has 0 spiro atoms. The van der Waals surface area contributed by atoms with Crippen LogP contribution in [-0.4, -0.2) is 18.0 Å². The lowest BCUT2D eigenvalue weighted by Crippen LogP contribution is -2.51. The van der Waals surface area contributed by atoms with Crippen LogP contribution in [-0.2, 0) is 0 Å². The second kappa shape index (κ2) is 4.96. The van der Waals surface area contributed by atoms with Crippen molar-refractivity contribution in [3.63, 3.8) is 0 Å². The van der Waals surface area contributed by atoms with Crippen molar-refractivity contribution in [3.8, 4) is 0 Å². The van der Waals surface area contributed by atoms with Gasteiger partial charge in [-0.25, -0.2) is 4.39 Å². The number of rotatable bonds is 4. The molecule has 0 radical (unpaired) electrons. The van der Waals surface area contributed by atoms with Gasteiger partial charge in [0.15, 0.2) is 5.96 Å². The molecule has 1 unspecified atom stereocenters. The Hall–Kier alpha value is -1.58. The van der Waals surface area contributed by atoms with Crippen LogP contribution in [0.2, 0.25) is 0 Å². The summed E-state index contributed by atoms with van der Waals surface area (Å²) in [5, 5.41) is 0. The van der Waals surface area contributed by atoms with Crippen molar-refractivity contribution in [1.29, 1.82) is 0 Å². The Bertz CT molecular complexity index is 458. The van der Waals surface area contributed by atoms with E-state index in [1.165, 1.54) is 12.1 Å². The third-order valence-electron chi connectivity index (χ3n) is 3.68. The van der Waals surface area contributed by atoms with Crippen LogP contribution in [0, 0.1) is 5.82 Å². The van der Waals surface area contributed by atoms with Crippen LogP contribution >= 0.6 is 0 Å². The molecule has 98 valence electrons. The first-order valence-electron chi connectivity index (χ1n) is 6.48. The highest BCUT2D eigenvalue weighted by Gasteiger charge is 2.40. The molecule has 1 aliphatic rings. The minimum atomic E-state index is -0.242. The third-order valence-corrected chi connectivity index (χ3v) is 3.68. The summed E-state index contributed by atoms with van der Waals surface area (Å²) in [7, 11) is 0. The summed E-state index contributed by atoms with van der Waals surface area (Å²) in [6.45, 7) is 4.98. The molecule has 1 atom stereocenters. The van der Waals surface area contributed by atoms with Gasteiger partial charge in [-0.2, -0.15) is 0 Å². The average molecular weight is 249 g/mol. The Morgan fingerprint density at radius 2 is 2.22 bits per heavy atom. The third kappa shape index (κ3) is 2.07. The van der Waals surface area contributed by atoms with E-state index in [2.05, 4.69) is 18.8 Å². The van der Waals surface area contributed by atoms with Gasteiger partial charge in [0, 0.05) is 5.69 Å². The molecular weight excluding hydrogens is 229 g/mol. The van der Waals surface area contributed by atoms with E-state index in [9.17, 15) is 4.39 Å². The fourth-order valence-electron chi connectivity index (χ4n) is 2.74. The van der Waals surface area contributed by atoms with Crippen LogP contribution in [0.1, 0.15) is 33.1 Å². The highest BCUT2D eigenvalue weighted by molar-refractivity contribution is 5.98. The standard InChI is InChI=1S/C14H20FN3/c1-3-8-14(4-2)10-17-13(16)18(14)12-7-5-6-11(15)9-12/h5-7,9H,3-4,8,10H2,1-2H3,(H2,16,17). The van der Waals surface area contributed by atoms with Crippen molar-refractivity contribution in [2.24, 2.45) is 10.7 Å². The minimum absolute atomic E-state index is 0.0906. The zero-order valence-electron chi connectivity index (χ0n) is 11.0. The number of benzene rings is 1. The van der Waals surface area contributed by atoms with Crippen LogP contribution < -0.4 is 10.6 Å². The van der Waals surface area contributed by atoms with Crippen molar-refractivity contribution in [3.05, 3.63) is 30.1 Å². The summed E-state index contributed by atoms with van der Waals surface area (Å²) in [5.41, 5.74) is 6.70. The highest BCUT2D eigenvalue weighted by atomic mass is 19.1. The van der Waals surface area contributed by atoms with Gasteiger partial charge in [-0.3, -0.25) is 4.99 Å². The smallest absolute Gasteiger partial charge is 0.196 e. The molecule has 0 saturated heterocycles. The Balaban J connectivity index is 2.41. The number of guanidine groups is 1. The average Bonchev–Trinajstić information content (AvgIpc) is 2.68. The van der Waals surface area contributed by atoms with Gasteiger partial charge in [-0.1, -0.05) is 26.3 Å². The van der Waals surface area contributed by atoms with Crippen LogP contribution in [0.25, 0.3) is 0 Å². The van der Waals surface area contributed by atoms with Crippen molar-refractivity contribution >= 4 is 11.6 Å². The molecule has 0 fully saturated rings. The lowest BCUT2D eigenvalue weighted by molar-refractivity contribution is 0.403. The molecule has 1 aromatic carbocycles. The molecule has 2 rings (SSSR count). The number of halogens is 1. The van der Waals surface area contributed by atoms with Crippen molar-refractivity contribution in [1.82, 2.24) is 0 Å². The summed E-state index contributed by atoms with van der Waals surface area (Å²) < 4.78 is 13.4. The SMILES string of the molecule is CCCC1(CC)CN=C(N)N1c1cccc(F)c1. The van der Waals surface area contributed by atoms with Gasteiger partial charge in [0.2, 0.25) is 0 Å². The zero-order chi connectivity index (χ0) is 13.2. The number of nitrogens with two attached hydrogens (primary N) is 1. The van der Waals surface area contributed by atoms with E-state index in [4.69, 9.17) is 5.73 Å². The maximum atomic E-state index is 13.4. The summed E-state index contributed by atoms with van der Waals surface area (Å²) in [6, 6.07) is 6.56. The second-order valence-corrected chi connectivity index (χ2v) is 4.82. The number of nitrogens with zero attached hydrogens (tertiary/aromatic N) is 2. The van der Waals surface area contributed by atoms with Crippen LogP contribution in [0.4, 0.5) is 10.1 Å². The summed E-state index contributed by atoms with van der Waals surface area (Å²) in [4.78, 5) is 6.36. The van der Waals surface area contributed by atoms with E-state index < -0.39 is 0 Å². The molecule has 3 nitrogen and oxygen atoms in total. The highest BCUT2D eigenvalue weighted by Crippen LogP contribution is 2.35. The van der Waals surface area contributed by atoms with Crippen LogP contribution in [0.15, 0.2) is 29.3 Å². The first kappa shape index (κ1) is 12.9. The Labute approximate surface area is 108 Å². The molecule has 0 aliphatic carbocycles. The van der Waals surface area contributed by atoms with Crippen LogP contribution in [0.3, 0.4) is 0 Å². The molecule has 0 bridgehead atoms. The molecule has 0 saturated carbocycles. The van der Waals surface area contributed by atoms with Gasteiger partial charge in [-0.05, 0) is 31.0 Å². The second-order valence-electron chi connectivity index (χ2n) is 4.82. The maximum absolute atomic E-state index is 13.4. The van der Waals surface area contributed by atoms with E-state index in [1.54, 1.807) is 6.07 Å². The number of aliphatic imine (C=N–C) groups is 1. The summed E-state index contributed by atoms with van der Waals surface area (Å²) in [5.74, 6) is 0.254. The zero-order valence-corrected chi connectivity index (χ0v) is 11.0. The lowest BCUT2D eigenvalue weighted by atomic mass is 9.89. The van der Waals surface area contributed by atoms with E-state index in [0.29, 0.717) is 12.5 Å². The predicted octanol–water partition coefficient (Wildman–Crippen LogP) is 2.91. The molecule has 1 aliphatic heterocycles. The fourth-order valence-corrected chi connectivity index (χ4v) is 2.74. The van der Waals surface area contributed by atoms with Crippen LogP contribution in [0.5, 0.6) is 0 Å². The van der Waals surface area contributed by atoms with E-state index in [1.807, 2.05) is 11.0 Å². The van der Waals surface area contributed by atoms with Crippen molar-refractivity contribution in [2.75, 3.05) is 11.4 Å². The molecule has 0 aromatic heterocycles. The van der Waals surface area contributed by atoms with Gasteiger partial charge < -0.3 is 10.6 Å². The van der Waals surface area contributed by atoms with E-state index >= 15 is 0 Å². The molecular formula is C14H20FN3. The first-order chi connectivity index (χ1) is 8.63. The Morgan fingerprint density at radius 1 is 1.44 bits per heavy atom. The van der Waals surface area contributed by atoms with Gasteiger partial charge >= 0.3 is 0 Å². The van der Waals surface area contributed by atoms with Crippen molar-refractivity contribution < 1.29 is 4.39 Å². The number of anilines is 1. The summed E-state index contributed by atoms with van der Waals surface area (Å²) >= 11 is 0. The van der Waals surface area contributed by atoms with Gasteiger partial charge in [0.25, 0.3) is 0 Å². The maximum Gasteiger partial charge on any atom is 0.196 e. The molecule has 4 heteroatoms. The predicted molar refractivity (Wildman–Crippen MR) is 73.3 cm³/mol. The quantitative estimate of drug-likeness (QED) is 0.891. The minimum Gasteiger partial charge on any atom is -0.369 e. The van der Waals surface area contributed by atoms with Gasteiger partial charge in [-0.15, -0.1) is 0 Å². The largest absolute Gasteiger partial charge is 0.369 e. The van der Waals surface area contributed by atoms with Crippen molar-refractivity contribution in [2.45, 2.75) is 38.6 Å². The molecule has 1 aromatic rings.